The first-order chi connectivity index (χ1) is 18.0. The lowest BCUT2D eigenvalue weighted by molar-refractivity contribution is 0.0450. The van der Waals surface area contributed by atoms with Crippen molar-refractivity contribution < 1.29 is 14.0 Å². The van der Waals surface area contributed by atoms with Crippen LogP contribution in [0.2, 0.25) is 0 Å². The molecular weight excluding hydrogens is 473 g/mol. The fourth-order valence-electron chi connectivity index (χ4n) is 5.97. The summed E-state index contributed by atoms with van der Waals surface area (Å²) in [6, 6.07) is 9.61. The lowest BCUT2D eigenvalue weighted by Crippen LogP contribution is -2.51. The zero-order chi connectivity index (χ0) is 25.5. The Kier molecular flexibility index (Phi) is 6.30. The van der Waals surface area contributed by atoms with Gasteiger partial charge in [-0.2, -0.15) is 0 Å². The molecule has 1 aliphatic carbocycles. The molecular formula is C28H32FN5O3. The molecule has 8 nitrogen and oxygen atoms in total. The highest BCUT2D eigenvalue weighted by atomic mass is 19.1. The molecule has 0 bridgehead atoms. The molecule has 2 aliphatic heterocycles. The normalized spacial score (nSPS) is 18.9. The molecule has 2 aromatic heterocycles. The second-order valence-electron chi connectivity index (χ2n) is 10.7. The van der Waals surface area contributed by atoms with Gasteiger partial charge in [-0.15, -0.1) is 0 Å². The van der Waals surface area contributed by atoms with Gasteiger partial charge in [0.2, 0.25) is 0 Å². The highest BCUT2D eigenvalue weighted by molar-refractivity contribution is 6.10. The second kappa shape index (κ2) is 9.76. The number of halogens is 1. The minimum Gasteiger partial charge on any atom is -0.338 e. The number of nitrogens with zero attached hydrogens (tertiary/aromatic N) is 4. The van der Waals surface area contributed by atoms with Gasteiger partial charge in [-0.05, 0) is 37.2 Å². The molecule has 3 aromatic rings. The first kappa shape index (κ1) is 23.9. The number of hydrogen-bond acceptors (Lipinski definition) is 4. The third-order valence-corrected chi connectivity index (χ3v) is 8.18. The van der Waals surface area contributed by atoms with Crippen molar-refractivity contribution in [2.75, 3.05) is 32.9 Å². The molecule has 0 radical (unpaired) electrons. The molecule has 0 atom stereocenters. The molecule has 2 amide bonds. The van der Waals surface area contributed by atoms with Crippen molar-refractivity contribution in [1.29, 1.82) is 0 Å². The summed E-state index contributed by atoms with van der Waals surface area (Å²) in [5, 5.41) is 2.88. The van der Waals surface area contributed by atoms with Gasteiger partial charge >= 0.3 is 0 Å². The van der Waals surface area contributed by atoms with E-state index in [1.807, 2.05) is 12.1 Å². The molecule has 9 heteroatoms. The number of nitrogens with one attached hydrogen (secondary N) is 1. The summed E-state index contributed by atoms with van der Waals surface area (Å²) in [5.74, 6) is -0.336. The van der Waals surface area contributed by atoms with Crippen molar-refractivity contribution in [3.05, 3.63) is 57.5 Å². The van der Waals surface area contributed by atoms with Gasteiger partial charge in [-0.25, -0.2) is 9.50 Å². The zero-order valence-electron chi connectivity index (χ0n) is 20.9. The van der Waals surface area contributed by atoms with E-state index in [2.05, 4.69) is 17.2 Å². The first-order valence-electron chi connectivity index (χ1n) is 13.4. The van der Waals surface area contributed by atoms with E-state index in [4.69, 9.17) is 4.98 Å². The van der Waals surface area contributed by atoms with Crippen LogP contribution in [0.4, 0.5) is 4.39 Å². The summed E-state index contributed by atoms with van der Waals surface area (Å²) < 4.78 is 14.2. The molecule has 6 rings (SSSR count). The number of rotatable bonds is 5. The summed E-state index contributed by atoms with van der Waals surface area (Å²) in [4.78, 5) is 48.0. The predicted octanol–water partition coefficient (Wildman–Crippen LogP) is 4.01. The van der Waals surface area contributed by atoms with Gasteiger partial charge in [0.05, 0.1) is 12.4 Å². The molecule has 194 valence electrons. The Morgan fingerprint density at radius 1 is 0.946 bits per heavy atom. The van der Waals surface area contributed by atoms with Crippen LogP contribution in [0, 0.1) is 5.92 Å². The number of fused-ring (bicyclic) bond motifs is 1. The van der Waals surface area contributed by atoms with E-state index in [1.54, 1.807) is 4.90 Å². The van der Waals surface area contributed by atoms with Crippen molar-refractivity contribution >= 4 is 17.5 Å². The van der Waals surface area contributed by atoms with Crippen LogP contribution in [0.25, 0.3) is 16.9 Å². The van der Waals surface area contributed by atoms with Gasteiger partial charge in [-0.1, -0.05) is 43.5 Å². The standard InChI is InChI=1S/C28H32FN5O3/c29-15-18-16-33(17-18)27(36)24-25(28(37)32-12-4-5-13-32)31-34-23(35)14-22(30-26(24)34)21-10-8-20(9-11-21)19-6-2-1-3-7-19/h8-11,14,18-19,31H,1-7,12-13,15-17H2. The number of alkyl halides is 1. The molecule has 2 saturated heterocycles. The number of amides is 2. The van der Waals surface area contributed by atoms with E-state index in [9.17, 15) is 18.8 Å². The SMILES string of the molecule is O=C(c1[nH]n2c(=O)cc(-c3ccc(C4CCCCC4)cc3)nc2c1C(=O)N1CC(CF)C1)N1CCCC1. The largest absolute Gasteiger partial charge is 0.338 e. The highest BCUT2D eigenvalue weighted by Gasteiger charge is 2.37. The Bertz CT molecular complexity index is 1380. The number of carbonyl (C=O) groups excluding carboxylic acids is 2. The Labute approximate surface area is 214 Å². The van der Waals surface area contributed by atoms with Crippen LogP contribution >= 0.6 is 0 Å². The van der Waals surface area contributed by atoms with Gasteiger partial charge in [-0.3, -0.25) is 23.9 Å². The molecule has 4 heterocycles. The number of aromatic amines is 1. The third kappa shape index (κ3) is 4.34. The van der Waals surface area contributed by atoms with Crippen LogP contribution in [0.15, 0.2) is 35.1 Å². The van der Waals surface area contributed by atoms with Crippen LogP contribution in [0.1, 0.15) is 77.3 Å². The van der Waals surface area contributed by atoms with Crippen molar-refractivity contribution in [2.45, 2.75) is 50.9 Å². The number of carbonyl (C=O) groups is 2. The summed E-state index contributed by atoms with van der Waals surface area (Å²) in [7, 11) is 0. The third-order valence-electron chi connectivity index (χ3n) is 8.18. The maximum absolute atomic E-state index is 13.5. The molecule has 0 unspecified atom stereocenters. The average Bonchev–Trinajstić information content (AvgIpc) is 3.57. The van der Waals surface area contributed by atoms with E-state index >= 15 is 0 Å². The maximum Gasteiger partial charge on any atom is 0.273 e. The fourth-order valence-corrected chi connectivity index (χ4v) is 5.97. The maximum atomic E-state index is 13.5. The highest BCUT2D eigenvalue weighted by Crippen LogP contribution is 2.33. The molecule has 37 heavy (non-hydrogen) atoms. The Morgan fingerprint density at radius 3 is 2.32 bits per heavy atom. The number of hydrogen-bond donors (Lipinski definition) is 1. The molecule has 0 spiro atoms. The Morgan fingerprint density at radius 2 is 1.65 bits per heavy atom. The quantitative estimate of drug-likeness (QED) is 0.567. The van der Waals surface area contributed by atoms with Crippen LogP contribution in [0.5, 0.6) is 0 Å². The van der Waals surface area contributed by atoms with E-state index in [0.29, 0.717) is 24.7 Å². The average molecular weight is 506 g/mol. The number of H-pyrrole nitrogens is 1. The Balaban J connectivity index is 1.40. The van der Waals surface area contributed by atoms with Crippen molar-refractivity contribution in [3.63, 3.8) is 0 Å². The second-order valence-corrected chi connectivity index (χ2v) is 10.7. The fraction of sp³-hybridized carbons (Fsp3) is 0.500. The van der Waals surface area contributed by atoms with Crippen LogP contribution < -0.4 is 5.56 Å². The van der Waals surface area contributed by atoms with E-state index < -0.39 is 18.1 Å². The van der Waals surface area contributed by atoms with Crippen LogP contribution in [0.3, 0.4) is 0 Å². The predicted molar refractivity (Wildman–Crippen MR) is 138 cm³/mol. The molecule has 3 aliphatic rings. The van der Waals surface area contributed by atoms with Gasteiger partial charge in [0.15, 0.2) is 5.65 Å². The lowest BCUT2D eigenvalue weighted by Gasteiger charge is -2.37. The first-order valence-corrected chi connectivity index (χ1v) is 13.4. The van der Waals surface area contributed by atoms with Crippen molar-refractivity contribution in [1.82, 2.24) is 24.4 Å². The lowest BCUT2D eigenvalue weighted by atomic mass is 9.84. The van der Waals surface area contributed by atoms with Gasteiger partial charge in [0.1, 0.15) is 11.3 Å². The summed E-state index contributed by atoms with van der Waals surface area (Å²) in [5.41, 5.74) is 2.45. The molecule has 1 saturated carbocycles. The number of benzene rings is 1. The monoisotopic (exact) mass is 505 g/mol. The van der Waals surface area contributed by atoms with Gasteiger partial charge < -0.3 is 9.80 Å². The van der Waals surface area contributed by atoms with E-state index in [1.165, 1.54) is 53.1 Å². The minimum atomic E-state index is -0.490. The number of aromatic nitrogens is 3. The number of likely N-dealkylation sites (tertiary alicyclic amines) is 2. The van der Waals surface area contributed by atoms with Crippen molar-refractivity contribution in [2.24, 2.45) is 5.92 Å². The van der Waals surface area contributed by atoms with Gasteiger partial charge in [0, 0.05) is 43.7 Å². The smallest absolute Gasteiger partial charge is 0.273 e. The summed E-state index contributed by atoms with van der Waals surface area (Å²) in [6.45, 7) is 1.30. The van der Waals surface area contributed by atoms with Crippen molar-refractivity contribution in [3.8, 4) is 11.3 Å². The van der Waals surface area contributed by atoms with Crippen LogP contribution in [-0.4, -0.2) is 69.1 Å². The summed E-state index contributed by atoms with van der Waals surface area (Å²) in [6.07, 6.45) is 8.02. The summed E-state index contributed by atoms with van der Waals surface area (Å²) >= 11 is 0. The van der Waals surface area contributed by atoms with E-state index in [-0.39, 0.29) is 41.8 Å². The minimum absolute atomic E-state index is 0.0741. The molecule has 1 N–H and O–H groups in total. The Hall–Kier alpha value is -3.49. The van der Waals surface area contributed by atoms with Gasteiger partial charge in [0.25, 0.3) is 17.4 Å². The van der Waals surface area contributed by atoms with Crippen LogP contribution in [-0.2, 0) is 0 Å². The molecule has 1 aromatic carbocycles. The zero-order valence-corrected chi connectivity index (χ0v) is 20.9. The van der Waals surface area contributed by atoms with E-state index in [0.717, 1.165) is 18.4 Å². The molecule has 3 fully saturated rings. The topological polar surface area (TPSA) is 90.8 Å².